The first kappa shape index (κ1) is 29.8. The highest BCUT2D eigenvalue weighted by Crippen LogP contribution is 2.62. The molecular weight excluding hydrogens is 640 g/mol. The highest BCUT2D eigenvalue weighted by atomic mass is 79.9. The average Bonchev–Trinajstić information content (AvgIpc) is 3.46. The zero-order valence-corrected chi connectivity index (χ0v) is 29.2. The Hall–Kier alpha value is -4.61. The van der Waals surface area contributed by atoms with Crippen molar-refractivity contribution in [1.82, 2.24) is 19.5 Å². The molecule has 0 atom stereocenters. The minimum absolute atomic E-state index is 0.0208. The molecule has 47 heavy (non-hydrogen) atoms. The van der Waals surface area contributed by atoms with Gasteiger partial charge in [-0.1, -0.05) is 142 Å². The molecule has 0 aliphatic heterocycles. The third kappa shape index (κ3) is 4.36. The van der Waals surface area contributed by atoms with Crippen molar-refractivity contribution in [3.8, 4) is 39.9 Å². The summed E-state index contributed by atoms with van der Waals surface area (Å²) in [5.74, 6) is 1.89. The molecule has 7 aromatic rings. The molecular formula is C42H37BrN4. The number of para-hydroxylation sites is 1. The van der Waals surface area contributed by atoms with Crippen LogP contribution in [0.3, 0.4) is 0 Å². The van der Waals surface area contributed by atoms with Crippen LogP contribution in [0.15, 0.2) is 120 Å². The van der Waals surface area contributed by atoms with Crippen molar-refractivity contribution in [3.63, 3.8) is 0 Å². The molecule has 5 aromatic carbocycles. The Morgan fingerprint density at radius 3 is 1.66 bits per heavy atom. The van der Waals surface area contributed by atoms with Crippen LogP contribution in [0.4, 0.5) is 0 Å². The van der Waals surface area contributed by atoms with E-state index in [2.05, 4.69) is 117 Å². The van der Waals surface area contributed by atoms with Gasteiger partial charge >= 0.3 is 0 Å². The van der Waals surface area contributed by atoms with Crippen LogP contribution < -0.4 is 0 Å². The first-order valence-electron chi connectivity index (χ1n) is 16.2. The monoisotopic (exact) mass is 676 g/mol. The average molecular weight is 678 g/mol. The lowest BCUT2D eigenvalue weighted by Gasteiger charge is -2.44. The molecule has 0 bridgehead atoms. The van der Waals surface area contributed by atoms with Gasteiger partial charge < -0.3 is 0 Å². The smallest absolute Gasteiger partial charge is 0.238 e. The van der Waals surface area contributed by atoms with Crippen molar-refractivity contribution in [2.75, 3.05) is 0 Å². The largest absolute Gasteiger partial charge is 0.278 e. The van der Waals surface area contributed by atoms with Crippen LogP contribution in [0.1, 0.15) is 52.7 Å². The topological polar surface area (TPSA) is 43.6 Å². The summed E-state index contributed by atoms with van der Waals surface area (Å²) in [6, 6.07) is 40.4. The van der Waals surface area contributed by atoms with Gasteiger partial charge in [-0.15, -0.1) is 0 Å². The number of hydrogen-bond acceptors (Lipinski definition) is 3. The number of aromatic nitrogens is 4. The van der Waals surface area contributed by atoms with Gasteiger partial charge in [-0.05, 0) is 68.8 Å². The minimum atomic E-state index is 0.0208. The Bertz CT molecular complexity index is 2280. The number of fused-ring (bicyclic) bond motifs is 4. The fraction of sp³-hybridized carbons (Fsp3) is 0.214. The van der Waals surface area contributed by atoms with E-state index in [1.54, 1.807) is 0 Å². The summed E-state index contributed by atoms with van der Waals surface area (Å²) >= 11 is 4.00. The van der Waals surface area contributed by atoms with Crippen molar-refractivity contribution >= 4 is 37.7 Å². The van der Waals surface area contributed by atoms with Crippen molar-refractivity contribution in [1.29, 1.82) is 0 Å². The highest BCUT2D eigenvalue weighted by Gasteiger charge is 2.56. The molecule has 0 saturated carbocycles. The molecule has 8 rings (SSSR count). The van der Waals surface area contributed by atoms with Crippen LogP contribution in [-0.2, 0) is 10.8 Å². The maximum Gasteiger partial charge on any atom is 0.238 e. The fourth-order valence-corrected chi connectivity index (χ4v) is 8.11. The lowest BCUT2D eigenvalue weighted by atomic mass is 9.59. The van der Waals surface area contributed by atoms with Gasteiger partial charge in [-0.2, -0.15) is 9.97 Å². The van der Waals surface area contributed by atoms with Crippen molar-refractivity contribution in [2.45, 2.75) is 52.4 Å². The van der Waals surface area contributed by atoms with Crippen molar-refractivity contribution < 1.29 is 0 Å². The van der Waals surface area contributed by atoms with Gasteiger partial charge in [0.05, 0.1) is 11.0 Å². The molecule has 2 aromatic heterocycles. The van der Waals surface area contributed by atoms with E-state index in [0.29, 0.717) is 17.6 Å². The van der Waals surface area contributed by atoms with E-state index in [4.69, 9.17) is 15.0 Å². The standard InChI is InChI=1S/C42H37BrN4/c1-40(2)32-24-30(34(43)25-33(32)41(3,4)42(40,5)6)28-21-22-36-31(23-28)29-19-13-14-20-35(29)47(36)39-45-37(26-15-9-7-10-16-26)44-38(46-39)27-17-11-8-12-18-27/h7-25H,1-6H3. The van der Waals surface area contributed by atoms with Gasteiger partial charge in [-0.25, -0.2) is 4.98 Å². The van der Waals surface area contributed by atoms with Gasteiger partial charge in [0.15, 0.2) is 11.6 Å². The molecule has 0 saturated heterocycles. The summed E-state index contributed by atoms with van der Waals surface area (Å²) in [5.41, 5.74) is 9.43. The predicted molar refractivity (Wildman–Crippen MR) is 198 cm³/mol. The Balaban J connectivity index is 1.35. The molecule has 2 heterocycles. The quantitative estimate of drug-likeness (QED) is 0.186. The molecule has 0 unspecified atom stereocenters. The second-order valence-electron chi connectivity index (χ2n) is 14.4. The first-order valence-corrected chi connectivity index (χ1v) is 17.0. The molecule has 0 N–H and O–H groups in total. The Morgan fingerprint density at radius 1 is 0.511 bits per heavy atom. The zero-order valence-electron chi connectivity index (χ0n) is 27.6. The predicted octanol–water partition coefficient (Wildman–Crippen LogP) is 11.3. The number of nitrogens with zero attached hydrogens (tertiary/aromatic N) is 4. The molecule has 0 radical (unpaired) electrons. The molecule has 4 nitrogen and oxygen atoms in total. The normalized spacial score (nSPS) is 16.1. The molecule has 1 aliphatic carbocycles. The Kier molecular flexibility index (Phi) is 6.62. The molecule has 1 aliphatic rings. The van der Waals surface area contributed by atoms with E-state index in [0.717, 1.165) is 37.4 Å². The Morgan fingerprint density at radius 2 is 1.04 bits per heavy atom. The van der Waals surface area contributed by atoms with E-state index in [1.807, 2.05) is 60.7 Å². The maximum atomic E-state index is 5.08. The lowest BCUT2D eigenvalue weighted by Crippen LogP contribution is -2.42. The molecule has 0 amide bonds. The second-order valence-corrected chi connectivity index (χ2v) is 15.2. The number of hydrogen-bond donors (Lipinski definition) is 0. The summed E-state index contributed by atoms with van der Waals surface area (Å²) in [6.45, 7) is 14.4. The summed E-state index contributed by atoms with van der Waals surface area (Å²) < 4.78 is 3.30. The van der Waals surface area contributed by atoms with Crippen LogP contribution in [0.5, 0.6) is 0 Å². The Labute approximate surface area is 284 Å². The van der Waals surface area contributed by atoms with E-state index in [-0.39, 0.29) is 16.2 Å². The van der Waals surface area contributed by atoms with Crippen LogP contribution in [-0.4, -0.2) is 19.5 Å². The summed E-state index contributed by atoms with van der Waals surface area (Å²) in [7, 11) is 0. The minimum Gasteiger partial charge on any atom is -0.278 e. The van der Waals surface area contributed by atoms with Gasteiger partial charge in [0.2, 0.25) is 5.95 Å². The second kappa shape index (κ2) is 10.4. The van der Waals surface area contributed by atoms with Crippen LogP contribution in [0, 0.1) is 5.41 Å². The van der Waals surface area contributed by atoms with Gasteiger partial charge in [0.25, 0.3) is 0 Å². The number of benzene rings is 5. The molecule has 0 fully saturated rings. The summed E-state index contributed by atoms with van der Waals surface area (Å²) in [6.07, 6.45) is 0. The first-order chi connectivity index (χ1) is 22.5. The van der Waals surface area contributed by atoms with Crippen LogP contribution in [0.2, 0.25) is 0 Å². The molecule has 0 spiro atoms. The number of rotatable bonds is 4. The van der Waals surface area contributed by atoms with Gasteiger partial charge in [-0.3, -0.25) is 4.57 Å². The van der Waals surface area contributed by atoms with Crippen molar-refractivity contribution in [2.24, 2.45) is 5.41 Å². The SMILES string of the molecule is CC1(C)c2cc(Br)c(-c3ccc4c(c3)c3ccccc3n4-c3nc(-c4ccccc4)nc(-c4ccccc4)n3)cc2C(C)(C)C1(C)C. The lowest BCUT2D eigenvalue weighted by molar-refractivity contribution is 0.125. The van der Waals surface area contributed by atoms with Crippen LogP contribution >= 0.6 is 15.9 Å². The fourth-order valence-electron chi connectivity index (χ4n) is 7.54. The zero-order chi connectivity index (χ0) is 32.7. The third-order valence-electron chi connectivity index (χ3n) is 11.5. The molecule has 232 valence electrons. The van der Waals surface area contributed by atoms with Crippen LogP contribution in [0.25, 0.3) is 61.7 Å². The van der Waals surface area contributed by atoms with E-state index < -0.39 is 0 Å². The third-order valence-corrected chi connectivity index (χ3v) is 12.1. The van der Waals surface area contributed by atoms with Gasteiger partial charge in [0, 0.05) is 26.4 Å². The molecule has 5 heteroatoms. The highest BCUT2D eigenvalue weighted by molar-refractivity contribution is 9.10. The number of halogens is 1. The van der Waals surface area contributed by atoms with E-state index in [1.165, 1.54) is 22.3 Å². The van der Waals surface area contributed by atoms with Crippen molar-refractivity contribution in [3.05, 3.63) is 131 Å². The summed E-state index contributed by atoms with van der Waals surface area (Å²) in [4.78, 5) is 15.1. The maximum absolute atomic E-state index is 5.08. The summed E-state index contributed by atoms with van der Waals surface area (Å²) in [5, 5.41) is 2.32. The van der Waals surface area contributed by atoms with E-state index >= 15 is 0 Å². The van der Waals surface area contributed by atoms with E-state index in [9.17, 15) is 0 Å². The van der Waals surface area contributed by atoms with Gasteiger partial charge in [0.1, 0.15) is 0 Å².